The van der Waals surface area contributed by atoms with Crippen molar-refractivity contribution in [2.45, 2.75) is 54.5 Å². The molecule has 0 N–H and O–H groups in total. The van der Waals surface area contributed by atoms with Crippen molar-refractivity contribution in [1.82, 2.24) is 9.13 Å². The van der Waals surface area contributed by atoms with Gasteiger partial charge in [0.1, 0.15) is 11.6 Å². The number of hydrogen-bond donors (Lipinski definition) is 0. The van der Waals surface area contributed by atoms with Gasteiger partial charge in [-0.1, -0.05) is 37.0 Å². The molecule has 0 bridgehead atoms. The first-order chi connectivity index (χ1) is 17.4. The van der Waals surface area contributed by atoms with Gasteiger partial charge in [-0.2, -0.15) is 5.26 Å². The number of rotatable bonds is 9. The zero-order valence-corrected chi connectivity index (χ0v) is 23.5. The van der Waals surface area contributed by atoms with Crippen molar-refractivity contribution in [1.29, 1.82) is 5.26 Å². The maximum atomic E-state index is 12.9. The van der Waals surface area contributed by atoms with Gasteiger partial charge < -0.3 is 13.9 Å². The number of ketones is 1. The van der Waals surface area contributed by atoms with E-state index in [1.807, 2.05) is 43.5 Å². The molecule has 0 amide bonds. The van der Waals surface area contributed by atoms with E-state index < -0.39 is 12.6 Å². The molecule has 0 radical (unpaired) electrons. The lowest BCUT2D eigenvalue weighted by molar-refractivity contribution is -0.137. The Kier molecular flexibility index (Phi) is 9.07. The highest BCUT2D eigenvalue weighted by Gasteiger charge is 2.20. The minimum Gasteiger partial charge on any atom is -0.453 e. The maximum absolute atomic E-state index is 12.9. The van der Waals surface area contributed by atoms with Crippen molar-refractivity contribution < 1.29 is 14.3 Å². The standard InChI is InChI=1S/C29H31Cl2N3O3/c1-17(2)9-10-33-18(3)11-22(20(33)5)13-23(15-32)29(36)37-16-28(35)25-12-19(4)34(21(25)6)24-7-8-26(30)27(31)14-24/h7-8,11-14,17H,9-10,16H2,1-6H3/b23-13+. The third kappa shape index (κ3) is 6.36. The molecule has 3 aromatic rings. The van der Waals surface area contributed by atoms with Gasteiger partial charge >= 0.3 is 5.97 Å². The van der Waals surface area contributed by atoms with Gasteiger partial charge in [-0.05, 0) is 82.0 Å². The molecule has 8 heteroatoms. The number of halogens is 2. The molecule has 0 saturated carbocycles. The quantitative estimate of drug-likeness (QED) is 0.125. The summed E-state index contributed by atoms with van der Waals surface area (Å²) in [4.78, 5) is 25.6. The molecule has 0 fully saturated rings. The van der Waals surface area contributed by atoms with Crippen LogP contribution in [0.5, 0.6) is 0 Å². The predicted octanol–water partition coefficient (Wildman–Crippen LogP) is 7.20. The van der Waals surface area contributed by atoms with Crippen LogP contribution in [0.2, 0.25) is 10.0 Å². The minimum atomic E-state index is -0.832. The Morgan fingerprint density at radius 1 is 1.03 bits per heavy atom. The number of nitrogens with zero attached hydrogens (tertiary/aromatic N) is 3. The van der Waals surface area contributed by atoms with Crippen molar-refractivity contribution in [3.05, 3.63) is 79.9 Å². The summed E-state index contributed by atoms with van der Waals surface area (Å²) in [6.45, 7) is 12.4. The second kappa shape index (κ2) is 11.9. The molecule has 1 aromatic carbocycles. The zero-order chi connectivity index (χ0) is 27.4. The first-order valence-electron chi connectivity index (χ1n) is 12.1. The molecule has 0 atom stereocenters. The Bertz CT molecular complexity index is 1420. The first-order valence-corrected chi connectivity index (χ1v) is 12.8. The van der Waals surface area contributed by atoms with E-state index >= 15 is 0 Å². The summed E-state index contributed by atoms with van der Waals surface area (Å²) in [6, 6.07) is 10.8. The fourth-order valence-corrected chi connectivity index (χ4v) is 4.64. The van der Waals surface area contributed by atoms with Gasteiger partial charge in [-0.25, -0.2) is 4.79 Å². The molecule has 3 rings (SSSR count). The number of benzene rings is 1. The van der Waals surface area contributed by atoms with E-state index in [-0.39, 0.29) is 11.4 Å². The SMILES string of the molecule is Cc1cc(/C=C(\C#N)C(=O)OCC(=O)c2cc(C)n(-c3ccc(Cl)c(Cl)c3)c2C)c(C)n1CCC(C)C. The fourth-order valence-electron chi connectivity index (χ4n) is 4.35. The van der Waals surface area contributed by atoms with Crippen molar-refractivity contribution in [3.63, 3.8) is 0 Å². The topological polar surface area (TPSA) is 77.0 Å². The van der Waals surface area contributed by atoms with E-state index in [0.29, 0.717) is 27.2 Å². The summed E-state index contributed by atoms with van der Waals surface area (Å²) < 4.78 is 9.31. The summed E-state index contributed by atoms with van der Waals surface area (Å²) in [5, 5.41) is 10.4. The second-order valence-electron chi connectivity index (χ2n) is 9.55. The Morgan fingerprint density at radius 2 is 1.73 bits per heavy atom. The van der Waals surface area contributed by atoms with Gasteiger partial charge in [0, 0.05) is 40.6 Å². The Morgan fingerprint density at radius 3 is 2.35 bits per heavy atom. The normalized spacial score (nSPS) is 11.6. The molecule has 2 aromatic heterocycles. The van der Waals surface area contributed by atoms with E-state index in [1.165, 1.54) is 6.08 Å². The number of aromatic nitrogens is 2. The third-order valence-corrected chi connectivity index (χ3v) is 7.15. The lowest BCUT2D eigenvalue weighted by Crippen LogP contribution is -2.16. The summed E-state index contributed by atoms with van der Waals surface area (Å²) in [7, 11) is 0. The summed E-state index contributed by atoms with van der Waals surface area (Å²) in [5.74, 6) is -0.631. The van der Waals surface area contributed by atoms with Crippen LogP contribution in [0.4, 0.5) is 0 Å². The van der Waals surface area contributed by atoms with Gasteiger partial charge in [0.05, 0.1) is 10.0 Å². The van der Waals surface area contributed by atoms with E-state index in [9.17, 15) is 14.9 Å². The largest absolute Gasteiger partial charge is 0.453 e. The van der Waals surface area contributed by atoms with Crippen LogP contribution in [0, 0.1) is 44.9 Å². The van der Waals surface area contributed by atoms with Crippen LogP contribution in [0.3, 0.4) is 0 Å². The zero-order valence-electron chi connectivity index (χ0n) is 22.0. The number of hydrogen-bond acceptors (Lipinski definition) is 4. The highest BCUT2D eigenvalue weighted by molar-refractivity contribution is 6.42. The van der Waals surface area contributed by atoms with Crippen molar-refractivity contribution in [3.8, 4) is 11.8 Å². The number of carbonyl (C=O) groups excluding carboxylic acids is 2. The fraction of sp³-hybridized carbons (Fsp3) is 0.345. The van der Waals surface area contributed by atoms with Crippen LogP contribution in [0.1, 0.15) is 59.0 Å². The van der Waals surface area contributed by atoms with Crippen molar-refractivity contribution in [2.75, 3.05) is 6.61 Å². The lowest BCUT2D eigenvalue weighted by atomic mass is 10.1. The highest BCUT2D eigenvalue weighted by atomic mass is 35.5. The number of aryl methyl sites for hydroxylation is 2. The third-order valence-electron chi connectivity index (χ3n) is 6.41. The highest BCUT2D eigenvalue weighted by Crippen LogP contribution is 2.28. The van der Waals surface area contributed by atoms with Gasteiger partial charge in [0.2, 0.25) is 5.78 Å². The van der Waals surface area contributed by atoms with Crippen molar-refractivity contribution >= 4 is 41.0 Å². The number of esters is 1. The number of Topliss-reactive ketones (excluding diaryl/α,β-unsaturated/α-hetero) is 1. The van der Waals surface area contributed by atoms with Gasteiger partial charge in [0.25, 0.3) is 0 Å². The smallest absolute Gasteiger partial charge is 0.349 e. The monoisotopic (exact) mass is 539 g/mol. The Balaban J connectivity index is 1.75. The molecule has 194 valence electrons. The van der Waals surface area contributed by atoms with Crippen LogP contribution in [-0.2, 0) is 16.1 Å². The lowest BCUT2D eigenvalue weighted by Gasteiger charge is -2.11. The molecular weight excluding hydrogens is 509 g/mol. The molecule has 0 aliphatic rings. The molecule has 37 heavy (non-hydrogen) atoms. The van der Waals surface area contributed by atoms with Gasteiger partial charge in [0.15, 0.2) is 6.61 Å². The Hall–Kier alpha value is -3.27. The summed E-state index contributed by atoms with van der Waals surface area (Å²) >= 11 is 12.2. The molecule has 2 heterocycles. The van der Waals surface area contributed by atoms with Crippen LogP contribution >= 0.6 is 23.2 Å². The van der Waals surface area contributed by atoms with E-state index in [4.69, 9.17) is 27.9 Å². The molecule has 0 spiro atoms. The minimum absolute atomic E-state index is 0.154. The molecular formula is C29H31Cl2N3O3. The van der Waals surface area contributed by atoms with Crippen LogP contribution in [-0.4, -0.2) is 27.5 Å². The molecule has 0 aliphatic carbocycles. The van der Waals surface area contributed by atoms with Gasteiger partial charge in [-0.3, -0.25) is 4.79 Å². The molecule has 0 aliphatic heterocycles. The number of ether oxygens (including phenoxy) is 1. The molecule has 0 unspecified atom stereocenters. The maximum Gasteiger partial charge on any atom is 0.349 e. The van der Waals surface area contributed by atoms with Crippen molar-refractivity contribution in [2.24, 2.45) is 5.92 Å². The molecule has 6 nitrogen and oxygen atoms in total. The Labute approximate surface area is 228 Å². The van der Waals surface area contributed by atoms with E-state index in [1.54, 1.807) is 25.1 Å². The number of nitriles is 1. The number of carbonyl (C=O) groups is 2. The average Bonchev–Trinajstić information content (AvgIpc) is 3.29. The summed E-state index contributed by atoms with van der Waals surface area (Å²) in [6.07, 6.45) is 2.55. The van der Waals surface area contributed by atoms with E-state index in [0.717, 1.165) is 41.3 Å². The van der Waals surface area contributed by atoms with Crippen LogP contribution in [0.15, 0.2) is 35.9 Å². The van der Waals surface area contributed by atoms with Crippen LogP contribution < -0.4 is 0 Å². The van der Waals surface area contributed by atoms with Crippen LogP contribution in [0.25, 0.3) is 11.8 Å². The second-order valence-corrected chi connectivity index (χ2v) is 10.4. The first kappa shape index (κ1) is 28.3. The van der Waals surface area contributed by atoms with E-state index in [2.05, 4.69) is 18.4 Å². The molecule has 0 saturated heterocycles. The van der Waals surface area contributed by atoms with Gasteiger partial charge in [-0.15, -0.1) is 0 Å². The predicted molar refractivity (Wildman–Crippen MR) is 148 cm³/mol. The summed E-state index contributed by atoms with van der Waals surface area (Å²) in [5.41, 5.74) is 5.35. The average molecular weight is 540 g/mol.